The minimum atomic E-state index is 0.280. The lowest BCUT2D eigenvalue weighted by atomic mass is 9.89. The Morgan fingerprint density at radius 3 is 1.62 bits per heavy atom. The van der Waals surface area contributed by atoms with Gasteiger partial charge in [0.2, 0.25) is 0 Å². The number of para-hydroxylation sites is 2. The molecule has 1 atom stereocenters. The van der Waals surface area contributed by atoms with Gasteiger partial charge in [-0.05, 0) is 125 Å². The van der Waals surface area contributed by atoms with Gasteiger partial charge in [-0.3, -0.25) is 0 Å². The summed E-state index contributed by atoms with van der Waals surface area (Å²) >= 11 is 0. The molecule has 9 aromatic rings. The quantitative estimate of drug-likeness (QED) is 0.160. The number of aromatic nitrogens is 1. The van der Waals surface area contributed by atoms with Crippen LogP contribution in [0, 0.1) is 0 Å². The van der Waals surface area contributed by atoms with Crippen molar-refractivity contribution in [2.24, 2.45) is 0 Å². The van der Waals surface area contributed by atoms with E-state index in [4.69, 9.17) is 0 Å². The Morgan fingerprint density at radius 1 is 0.418 bits per heavy atom. The Hall–Kier alpha value is -6.90. The molecule has 0 N–H and O–H groups in total. The van der Waals surface area contributed by atoms with E-state index in [1.807, 2.05) is 0 Å². The van der Waals surface area contributed by atoms with E-state index in [9.17, 15) is 0 Å². The number of hydrogen-bond acceptors (Lipinski definition) is 1. The molecule has 2 nitrogen and oxygen atoms in total. The first-order valence-electron chi connectivity index (χ1n) is 19.1. The molecule has 0 radical (unpaired) electrons. The molecule has 1 aliphatic carbocycles. The molecule has 0 saturated carbocycles. The molecule has 1 unspecified atom stereocenters. The predicted octanol–water partition coefficient (Wildman–Crippen LogP) is 14.5. The summed E-state index contributed by atoms with van der Waals surface area (Å²) in [6.07, 6.45) is 0. The zero-order valence-electron chi connectivity index (χ0n) is 31.0. The van der Waals surface area contributed by atoms with Crippen molar-refractivity contribution in [2.75, 3.05) is 4.90 Å². The summed E-state index contributed by atoms with van der Waals surface area (Å²) in [5.41, 5.74) is 18.7. The molecule has 1 aromatic heterocycles. The lowest BCUT2D eigenvalue weighted by Crippen LogP contribution is -2.10. The van der Waals surface area contributed by atoms with Crippen molar-refractivity contribution >= 4 is 44.4 Å². The van der Waals surface area contributed by atoms with Crippen molar-refractivity contribution in [3.05, 3.63) is 222 Å². The summed E-state index contributed by atoms with van der Waals surface area (Å²) in [7, 11) is 0. The van der Waals surface area contributed by atoms with Gasteiger partial charge in [0.05, 0.1) is 11.0 Å². The maximum absolute atomic E-state index is 2.37. The first-order chi connectivity index (χ1) is 27.1. The molecule has 0 saturated heterocycles. The number of rotatable bonds is 7. The smallest absolute Gasteiger partial charge is 0.0541 e. The molecule has 0 spiro atoms. The summed E-state index contributed by atoms with van der Waals surface area (Å²) < 4.78 is 2.37. The highest BCUT2D eigenvalue weighted by molar-refractivity contribution is 6.10. The Bertz CT molecular complexity index is 2840. The van der Waals surface area contributed by atoms with Gasteiger partial charge in [0.15, 0.2) is 0 Å². The van der Waals surface area contributed by atoms with E-state index in [1.165, 1.54) is 77.6 Å². The van der Waals surface area contributed by atoms with Gasteiger partial charge in [-0.2, -0.15) is 0 Å². The van der Waals surface area contributed by atoms with Crippen molar-refractivity contribution in [3.63, 3.8) is 0 Å². The SMILES string of the molecule is CC1=C(C)C(c2ccc(N(c3ccc(-c4ccccc4)cc3)c3ccc(-c4ccc5c(c4)c4ccccc4n5-c4ccccc4)cc3)cc2)c2ccccc21. The molecule has 8 aromatic carbocycles. The number of fused-ring (bicyclic) bond motifs is 4. The van der Waals surface area contributed by atoms with Crippen molar-refractivity contribution < 1.29 is 0 Å². The molecular formula is C53H40N2. The van der Waals surface area contributed by atoms with Crippen molar-refractivity contribution in [1.82, 2.24) is 4.57 Å². The Morgan fingerprint density at radius 2 is 0.927 bits per heavy atom. The third-order valence-electron chi connectivity index (χ3n) is 11.6. The second-order valence-corrected chi connectivity index (χ2v) is 14.6. The van der Waals surface area contributed by atoms with Crippen LogP contribution in [-0.4, -0.2) is 4.57 Å². The van der Waals surface area contributed by atoms with Crippen LogP contribution in [0.15, 0.2) is 206 Å². The van der Waals surface area contributed by atoms with Gasteiger partial charge >= 0.3 is 0 Å². The van der Waals surface area contributed by atoms with Gasteiger partial charge in [0.25, 0.3) is 0 Å². The third kappa shape index (κ3) is 5.66. The molecule has 1 heterocycles. The maximum Gasteiger partial charge on any atom is 0.0541 e. The molecular weight excluding hydrogens is 665 g/mol. The predicted molar refractivity (Wildman–Crippen MR) is 233 cm³/mol. The molecule has 0 fully saturated rings. The Balaban J connectivity index is 1.03. The van der Waals surface area contributed by atoms with Gasteiger partial charge in [-0.1, -0.05) is 139 Å². The molecule has 55 heavy (non-hydrogen) atoms. The van der Waals surface area contributed by atoms with E-state index in [-0.39, 0.29) is 5.92 Å². The summed E-state index contributed by atoms with van der Waals surface area (Å²) in [5, 5.41) is 2.52. The second kappa shape index (κ2) is 13.5. The lowest BCUT2D eigenvalue weighted by molar-refractivity contribution is 0.974. The largest absolute Gasteiger partial charge is 0.311 e. The lowest BCUT2D eigenvalue weighted by Gasteiger charge is -2.27. The van der Waals surface area contributed by atoms with Gasteiger partial charge in [-0.25, -0.2) is 0 Å². The average molecular weight is 705 g/mol. The molecule has 0 amide bonds. The average Bonchev–Trinajstić information content (AvgIpc) is 3.72. The van der Waals surface area contributed by atoms with E-state index in [0.29, 0.717) is 0 Å². The van der Waals surface area contributed by atoms with Crippen LogP contribution in [0.25, 0.3) is 55.3 Å². The fourth-order valence-corrected chi connectivity index (χ4v) is 8.69. The molecule has 0 aliphatic heterocycles. The third-order valence-corrected chi connectivity index (χ3v) is 11.6. The number of allylic oxidation sites excluding steroid dienone is 2. The van der Waals surface area contributed by atoms with E-state index >= 15 is 0 Å². The zero-order chi connectivity index (χ0) is 36.9. The topological polar surface area (TPSA) is 8.17 Å². The van der Waals surface area contributed by atoms with Crippen LogP contribution >= 0.6 is 0 Å². The fraction of sp³-hybridized carbons (Fsp3) is 0.0566. The highest BCUT2D eigenvalue weighted by atomic mass is 15.1. The van der Waals surface area contributed by atoms with Gasteiger partial charge in [-0.15, -0.1) is 0 Å². The van der Waals surface area contributed by atoms with Gasteiger partial charge in [0, 0.05) is 39.4 Å². The Labute approximate surface area is 322 Å². The van der Waals surface area contributed by atoms with Crippen LogP contribution in [0.4, 0.5) is 17.1 Å². The highest BCUT2D eigenvalue weighted by Gasteiger charge is 2.27. The van der Waals surface area contributed by atoms with Crippen LogP contribution in [-0.2, 0) is 0 Å². The van der Waals surface area contributed by atoms with E-state index in [1.54, 1.807) is 0 Å². The second-order valence-electron chi connectivity index (χ2n) is 14.6. The van der Waals surface area contributed by atoms with Crippen molar-refractivity contribution in [2.45, 2.75) is 19.8 Å². The minimum absolute atomic E-state index is 0.280. The van der Waals surface area contributed by atoms with Crippen LogP contribution in [0.1, 0.15) is 36.5 Å². The number of benzene rings is 8. The zero-order valence-corrected chi connectivity index (χ0v) is 31.0. The fourth-order valence-electron chi connectivity index (χ4n) is 8.69. The summed E-state index contributed by atoms with van der Waals surface area (Å²) in [4.78, 5) is 2.37. The summed E-state index contributed by atoms with van der Waals surface area (Å²) in [6.45, 7) is 4.54. The van der Waals surface area contributed by atoms with E-state index in [2.05, 4.69) is 224 Å². The minimum Gasteiger partial charge on any atom is -0.311 e. The molecule has 1 aliphatic rings. The number of anilines is 3. The highest BCUT2D eigenvalue weighted by Crippen LogP contribution is 2.46. The number of nitrogens with zero attached hydrogens (tertiary/aromatic N) is 2. The van der Waals surface area contributed by atoms with Crippen LogP contribution in [0.5, 0.6) is 0 Å². The summed E-state index contributed by atoms with van der Waals surface area (Å²) in [6, 6.07) is 72.9. The summed E-state index contributed by atoms with van der Waals surface area (Å²) in [5.74, 6) is 0.280. The standard InChI is InChI=1S/C53H40N2/c1-36-37(2)53(49-19-10-9-17-47(36)49)41-25-32-46(33-26-41)54(44-28-21-39(22-29-44)38-13-5-3-6-14-38)45-30-23-40(24-31-45)42-27-34-52-50(35-42)48-18-11-12-20-51(48)55(52)43-15-7-4-8-16-43/h3-35,53H,1-2H3. The normalized spacial score (nSPS) is 13.7. The van der Waals surface area contributed by atoms with E-state index in [0.717, 1.165) is 17.1 Å². The van der Waals surface area contributed by atoms with Gasteiger partial charge < -0.3 is 9.47 Å². The van der Waals surface area contributed by atoms with E-state index < -0.39 is 0 Å². The Kier molecular flexibility index (Phi) is 8.03. The number of hydrogen-bond donors (Lipinski definition) is 0. The molecule has 262 valence electrons. The molecule has 10 rings (SSSR count). The van der Waals surface area contributed by atoms with Crippen molar-refractivity contribution in [3.8, 4) is 27.9 Å². The maximum atomic E-state index is 2.37. The first kappa shape index (κ1) is 32.7. The van der Waals surface area contributed by atoms with Crippen LogP contribution in [0.3, 0.4) is 0 Å². The van der Waals surface area contributed by atoms with Crippen LogP contribution < -0.4 is 4.90 Å². The first-order valence-corrected chi connectivity index (χ1v) is 19.1. The van der Waals surface area contributed by atoms with Crippen molar-refractivity contribution in [1.29, 1.82) is 0 Å². The van der Waals surface area contributed by atoms with Crippen LogP contribution in [0.2, 0.25) is 0 Å². The monoisotopic (exact) mass is 704 g/mol. The molecule has 0 bridgehead atoms. The van der Waals surface area contributed by atoms with Gasteiger partial charge in [0.1, 0.15) is 0 Å². The molecule has 2 heteroatoms.